The highest BCUT2D eigenvalue weighted by molar-refractivity contribution is 7.89. The van der Waals surface area contributed by atoms with E-state index in [1.165, 1.54) is 19.3 Å². The van der Waals surface area contributed by atoms with E-state index in [0.29, 0.717) is 23.4 Å². The van der Waals surface area contributed by atoms with Crippen LogP contribution in [-0.4, -0.2) is 14.5 Å². The molecule has 1 aromatic rings. The third-order valence-electron chi connectivity index (χ3n) is 4.52. The molecule has 1 saturated carbocycles. The summed E-state index contributed by atoms with van der Waals surface area (Å²) in [7, 11) is -3.67. The van der Waals surface area contributed by atoms with E-state index >= 15 is 0 Å². The van der Waals surface area contributed by atoms with Crippen molar-refractivity contribution in [1.82, 2.24) is 0 Å². The largest absolute Gasteiger partial charge is 0.382 e. The zero-order valence-corrected chi connectivity index (χ0v) is 13.9. The van der Waals surface area contributed by atoms with Crippen LogP contribution in [0.2, 0.25) is 0 Å². The van der Waals surface area contributed by atoms with Crippen LogP contribution in [0.1, 0.15) is 45.1 Å². The molecule has 2 atom stereocenters. The Hall–Kier alpha value is -1.07. The Kier molecular flexibility index (Phi) is 4.94. The minimum absolute atomic E-state index is 0.212. The first-order valence-corrected chi connectivity index (χ1v) is 9.23. The minimum atomic E-state index is -3.67. The summed E-state index contributed by atoms with van der Waals surface area (Å²) >= 11 is 0. The van der Waals surface area contributed by atoms with Gasteiger partial charge in [-0.2, -0.15) is 0 Å². The third-order valence-corrected chi connectivity index (χ3v) is 5.58. The van der Waals surface area contributed by atoms with Gasteiger partial charge >= 0.3 is 0 Å². The molecule has 1 fully saturated rings. The van der Waals surface area contributed by atoms with Gasteiger partial charge in [-0.25, -0.2) is 13.6 Å². The highest BCUT2D eigenvalue weighted by atomic mass is 32.2. The minimum Gasteiger partial charge on any atom is -0.382 e. The van der Waals surface area contributed by atoms with Gasteiger partial charge in [-0.05, 0) is 49.3 Å². The topological polar surface area (TPSA) is 72.2 Å². The Morgan fingerprint density at radius 1 is 1.24 bits per heavy atom. The maximum absolute atomic E-state index is 11.6. The number of rotatable bonds is 4. The standard InChI is InChI=1S/C16H26N2O2S/c1-11(2)14-6-4-5-7-15(14)18-13-9-8-12(3)16(10-13)21(17,19)20/h8-11,14-15,18H,4-7H2,1-3H3,(H2,17,19,20). The first-order chi connectivity index (χ1) is 9.79. The molecule has 0 aromatic heterocycles. The third kappa shape index (κ3) is 3.98. The summed E-state index contributed by atoms with van der Waals surface area (Å²) in [4.78, 5) is 0.212. The van der Waals surface area contributed by atoms with E-state index in [2.05, 4.69) is 19.2 Å². The van der Waals surface area contributed by atoms with Gasteiger partial charge in [0.2, 0.25) is 10.0 Å². The summed E-state index contributed by atoms with van der Waals surface area (Å²) in [6, 6.07) is 5.83. The highest BCUT2D eigenvalue weighted by Gasteiger charge is 2.27. The lowest BCUT2D eigenvalue weighted by molar-refractivity contribution is 0.254. The molecule has 0 heterocycles. The van der Waals surface area contributed by atoms with Gasteiger partial charge in [-0.1, -0.05) is 32.8 Å². The molecular weight excluding hydrogens is 284 g/mol. The smallest absolute Gasteiger partial charge is 0.238 e. The Labute approximate surface area is 128 Å². The second kappa shape index (κ2) is 6.36. The maximum Gasteiger partial charge on any atom is 0.238 e. The number of nitrogens with two attached hydrogens (primary N) is 1. The Bertz CT molecular complexity index is 596. The van der Waals surface area contributed by atoms with Gasteiger partial charge in [-0.15, -0.1) is 0 Å². The van der Waals surface area contributed by atoms with E-state index < -0.39 is 10.0 Å². The SMILES string of the molecule is Cc1ccc(NC2CCCCC2C(C)C)cc1S(N)(=O)=O. The van der Waals surface area contributed by atoms with Crippen LogP contribution in [0.3, 0.4) is 0 Å². The molecule has 0 amide bonds. The number of primary sulfonamides is 1. The molecule has 1 aliphatic rings. The van der Waals surface area contributed by atoms with Crippen molar-refractivity contribution in [2.45, 2.75) is 57.4 Å². The van der Waals surface area contributed by atoms with E-state index in [9.17, 15) is 8.42 Å². The molecule has 1 aliphatic carbocycles. The zero-order valence-electron chi connectivity index (χ0n) is 13.1. The first kappa shape index (κ1) is 16.3. The average molecular weight is 310 g/mol. The van der Waals surface area contributed by atoms with Crippen molar-refractivity contribution >= 4 is 15.7 Å². The molecule has 0 bridgehead atoms. The van der Waals surface area contributed by atoms with Crippen LogP contribution in [0.25, 0.3) is 0 Å². The molecule has 118 valence electrons. The predicted molar refractivity (Wildman–Crippen MR) is 86.8 cm³/mol. The molecule has 1 aromatic carbocycles. The quantitative estimate of drug-likeness (QED) is 0.896. The number of sulfonamides is 1. The normalized spacial score (nSPS) is 23.3. The van der Waals surface area contributed by atoms with Crippen LogP contribution in [0.15, 0.2) is 23.1 Å². The molecule has 0 saturated heterocycles. The maximum atomic E-state index is 11.6. The summed E-state index contributed by atoms with van der Waals surface area (Å²) in [5.74, 6) is 1.27. The van der Waals surface area contributed by atoms with Crippen LogP contribution >= 0.6 is 0 Å². The lowest BCUT2D eigenvalue weighted by atomic mass is 9.78. The fraction of sp³-hybridized carbons (Fsp3) is 0.625. The molecule has 3 N–H and O–H groups in total. The summed E-state index contributed by atoms with van der Waals surface area (Å²) in [5.41, 5.74) is 1.54. The van der Waals surface area contributed by atoms with Gasteiger partial charge in [0.25, 0.3) is 0 Å². The van der Waals surface area contributed by atoms with Crippen LogP contribution in [0, 0.1) is 18.8 Å². The lowest BCUT2D eigenvalue weighted by Gasteiger charge is -2.35. The van der Waals surface area contributed by atoms with Gasteiger partial charge in [-0.3, -0.25) is 0 Å². The van der Waals surface area contributed by atoms with E-state index in [1.807, 2.05) is 12.1 Å². The summed E-state index contributed by atoms with van der Waals surface area (Å²) in [6.45, 7) is 6.28. The molecule has 21 heavy (non-hydrogen) atoms. The Balaban J connectivity index is 2.23. The predicted octanol–water partition coefficient (Wildman–Crippen LogP) is 3.27. The van der Waals surface area contributed by atoms with Crippen LogP contribution in [0.4, 0.5) is 5.69 Å². The molecule has 2 rings (SSSR count). The summed E-state index contributed by atoms with van der Waals surface area (Å²) in [6.07, 6.45) is 4.90. The first-order valence-electron chi connectivity index (χ1n) is 7.69. The van der Waals surface area contributed by atoms with Gasteiger partial charge in [0.1, 0.15) is 0 Å². The Morgan fingerprint density at radius 3 is 2.52 bits per heavy atom. The fourth-order valence-electron chi connectivity index (χ4n) is 3.35. The lowest BCUT2D eigenvalue weighted by Crippen LogP contribution is -2.35. The van der Waals surface area contributed by atoms with Crippen LogP contribution < -0.4 is 10.5 Å². The van der Waals surface area contributed by atoms with Crippen molar-refractivity contribution in [2.75, 3.05) is 5.32 Å². The van der Waals surface area contributed by atoms with E-state index in [-0.39, 0.29) is 4.90 Å². The number of benzene rings is 1. The monoisotopic (exact) mass is 310 g/mol. The summed E-state index contributed by atoms with van der Waals surface area (Å²) < 4.78 is 23.2. The van der Waals surface area contributed by atoms with E-state index in [1.54, 1.807) is 13.0 Å². The van der Waals surface area contributed by atoms with Crippen molar-refractivity contribution in [1.29, 1.82) is 0 Å². The average Bonchev–Trinajstić information content (AvgIpc) is 2.40. The molecule has 0 spiro atoms. The van der Waals surface area contributed by atoms with Crippen LogP contribution in [0.5, 0.6) is 0 Å². The van der Waals surface area contributed by atoms with Crippen molar-refractivity contribution in [2.24, 2.45) is 17.0 Å². The van der Waals surface area contributed by atoms with Gasteiger partial charge in [0, 0.05) is 11.7 Å². The highest BCUT2D eigenvalue weighted by Crippen LogP contribution is 2.32. The summed E-state index contributed by atoms with van der Waals surface area (Å²) in [5, 5.41) is 8.81. The second-order valence-electron chi connectivity index (χ2n) is 6.47. The van der Waals surface area contributed by atoms with Crippen molar-refractivity contribution in [3.8, 4) is 0 Å². The van der Waals surface area contributed by atoms with Gasteiger partial charge in [0.05, 0.1) is 4.90 Å². The van der Waals surface area contributed by atoms with Crippen molar-refractivity contribution in [3.63, 3.8) is 0 Å². The van der Waals surface area contributed by atoms with Crippen LogP contribution in [-0.2, 0) is 10.0 Å². The van der Waals surface area contributed by atoms with E-state index in [0.717, 1.165) is 12.1 Å². The number of hydrogen-bond donors (Lipinski definition) is 2. The van der Waals surface area contributed by atoms with Crippen molar-refractivity contribution in [3.05, 3.63) is 23.8 Å². The van der Waals surface area contributed by atoms with E-state index in [4.69, 9.17) is 5.14 Å². The Morgan fingerprint density at radius 2 is 1.90 bits per heavy atom. The molecule has 5 heteroatoms. The number of anilines is 1. The molecule has 2 unspecified atom stereocenters. The number of hydrogen-bond acceptors (Lipinski definition) is 3. The number of nitrogens with one attached hydrogen (secondary N) is 1. The molecule has 4 nitrogen and oxygen atoms in total. The van der Waals surface area contributed by atoms with Crippen molar-refractivity contribution < 1.29 is 8.42 Å². The second-order valence-corrected chi connectivity index (χ2v) is 8.00. The number of aryl methyl sites for hydroxylation is 1. The molecular formula is C16H26N2O2S. The fourth-order valence-corrected chi connectivity index (χ4v) is 4.16. The van der Waals surface area contributed by atoms with Gasteiger partial charge < -0.3 is 5.32 Å². The zero-order chi connectivity index (χ0) is 15.6. The molecule has 0 aliphatic heterocycles. The molecule has 0 radical (unpaired) electrons. The van der Waals surface area contributed by atoms with Gasteiger partial charge in [0.15, 0.2) is 0 Å².